The van der Waals surface area contributed by atoms with Crippen LogP contribution in [0.15, 0.2) is 58.6 Å². The lowest BCUT2D eigenvalue weighted by Gasteiger charge is -1.97. The number of hydrogen-bond donors (Lipinski definition) is 0. The molecule has 2 heterocycles. The Hall–Kier alpha value is -1.52. The molecule has 88 valence electrons. The molecule has 2 aromatic heterocycles. The summed E-state index contributed by atoms with van der Waals surface area (Å²) in [7, 11) is 0. The summed E-state index contributed by atoms with van der Waals surface area (Å²) in [5.41, 5.74) is 3.18. The molecule has 0 aliphatic rings. The molecule has 0 saturated carbocycles. The molecule has 4 heteroatoms. The fraction of sp³-hybridized carbons (Fsp3) is 0. The molecule has 0 bridgehead atoms. The molecule has 3 rings (SSSR count). The van der Waals surface area contributed by atoms with Gasteiger partial charge in [0.2, 0.25) is 0 Å². The second kappa shape index (κ2) is 5.00. The van der Waals surface area contributed by atoms with Gasteiger partial charge in [-0.1, -0.05) is 28.1 Å². The molecule has 0 N–H and O–H groups in total. The first-order chi connectivity index (χ1) is 8.83. The number of rotatable bonds is 2. The lowest BCUT2D eigenvalue weighted by molar-refractivity contribution is 1.31. The van der Waals surface area contributed by atoms with Crippen molar-refractivity contribution in [3.63, 3.8) is 0 Å². The predicted molar refractivity (Wildman–Crippen MR) is 78.5 cm³/mol. The van der Waals surface area contributed by atoms with Crippen molar-refractivity contribution >= 4 is 27.3 Å². The molecule has 1 aromatic carbocycles. The summed E-state index contributed by atoms with van der Waals surface area (Å²) in [6, 6.07) is 12.1. The minimum atomic E-state index is 0.998. The van der Waals surface area contributed by atoms with Gasteiger partial charge in [-0.3, -0.25) is 4.98 Å². The van der Waals surface area contributed by atoms with E-state index in [9.17, 15) is 0 Å². The zero-order valence-electron chi connectivity index (χ0n) is 9.38. The minimum Gasteiger partial charge on any atom is -0.264 e. The fourth-order valence-corrected chi connectivity index (χ4v) is 2.90. The van der Waals surface area contributed by atoms with Crippen LogP contribution in [0.3, 0.4) is 0 Å². The third-order valence-corrected chi connectivity index (χ3v) is 3.92. The van der Waals surface area contributed by atoms with Crippen LogP contribution in [0.5, 0.6) is 0 Å². The van der Waals surface area contributed by atoms with Crippen LogP contribution in [-0.2, 0) is 0 Å². The third-order valence-electron chi connectivity index (χ3n) is 2.53. The molecule has 0 radical (unpaired) electrons. The van der Waals surface area contributed by atoms with E-state index in [2.05, 4.69) is 43.4 Å². The molecular weight excluding hydrogens is 308 g/mol. The van der Waals surface area contributed by atoms with Crippen LogP contribution in [0.2, 0.25) is 0 Å². The highest BCUT2D eigenvalue weighted by molar-refractivity contribution is 9.10. The van der Waals surface area contributed by atoms with Gasteiger partial charge < -0.3 is 0 Å². The average Bonchev–Trinajstić information content (AvgIpc) is 2.89. The van der Waals surface area contributed by atoms with Crippen molar-refractivity contribution in [3.05, 3.63) is 58.6 Å². The largest absolute Gasteiger partial charge is 0.264 e. The zero-order chi connectivity index (χ0) is 12.4. The van der Waals surface area contributed by atoms with Crippen molar-refractivity contribution in [1.82, 2.24) is 9.97 Å². The summed E-state index contributed by atoms with van der Waals surface area (Å²) in [6.07, 6.45) is 3.61. The van der Waals surface area contributed by atoms with E-state index < -0.39 is 0 Å². The molecule has 0 aliphatic carbocycles. The Bertz CT molecular complexity index is 664. The summed E-state index contributed by atoms with van der Waals surface area (Å²) in [5.74, 6) is 0. The highest BCUT2D eigenvalue weighted by Gasteiger charge is 2.06. The minimum absolute atomic E-state index is 0.998. The van der Waals surface area contributed by atoms with Crippen molar-refractivity contribution in [1.29, 1.82) is 0 Å². The number of hydrogen-bond acceptors (Lipinski definition) is 3. The van der Waals surface area contributed by atoms with Gasteiger partial charge in [-0.25, -0.2) is 4.98 Å². The monoisotopic (exact) mass is 316 g/mol. The average molecular weight is 317 g/mol. The van der Waals surface area contributed by atoms with Gasteiger partial charge in [0, 0.05) is 33.4 Å². The Kier molecular flexibility index (Phi) is 3.21. The highest BCUT2D eigenvalue weighted by Crippen LogP contribution is 2.29. The molecule has 0 amide bonds. The number of aromatic nitrogens is 2. The third kappa shape index (κ3) is 2.35. The quantitative estimate of drug-likeness (QED) is 0.688. The normalized spacial score (nSPS) is 10.5. The predicted octanol–water partition coefficient (Wildman–Crippen LogP) is 4.63. The molecule has 0 atom stereocenters. The molecular formula is C14H9BrN2S. The van der Waals surface area contributed by atoms with Gasteiger partial charge in [-0.15, -0.1) is 11.3 Å². The maximum atomic E-state index is 4.65. The first-order valence-electron chi connectivity index (χ1n) is 5.45. The fourth-order valence-electron chi connectivity index (χ4n) is 1.68. The van der Waals surface area contributed by atoms with Crippen molar-refractivity contribution < 1.29 is 0 Å². The number of nitrogens with zero attached hydrogens (tertiary/aromatic N) is 2. The number of thiazole rings is 1. The Balaban J connectivity index is 2.00. The highest BCUT2D eigenvalue weighted by atomic mass is 79.9. The second-order valence-electron chi connectivity index (χ2n) is 3.79. The van der Waals surface area contributed by atoms with Crippen LogP contribution in [-0.4, -0.2) is 9.97 Å². The van der Waals surface area contributed by atoms with Gasteiger partial charge in [-0.2, -0.15) is 0 Å². The van der Waals surface area contributed by atoms with E-state index in [0.717, 1.165) is 26.3 Å². The molecule has 0 spiro atoms. The van der Waals surface area contributed by atoms with Crippen LogP contribution in [0.4, 0.5) is 0 Å². The topological polar surface area (TPSA) is 25.8 Å². The van der Waals surface area contributed by atoms with E-state index in [1.54, 1.807) is 17.5 Å². The summed E-state index contributed by atoms with van der Waals surface area (Å²) >= 11 is 5.11. The summed E-state index contributed by atoms with van der Waals surface area (Å²) < 4.78 is 1.07. The molecule has 2 nitrogen and oxygen atoms in total. The van der Waals surface area contributed by atoms with Crippen molar-refractivity contribution in [2.24, 2.45) is 0 Å². The molecule has 0 aliphatic heterocycles. The zero-order valence-corrected chi connectivity index (χ0v) is 11.8. The lowest BCUT2D eigenvalue weighted by Crippen LogP contribution is -1.80. The molecule has 3 aromatic rings. The van der Waals surface area contributed by atoms with E-state index in [1.165, 1.54) is 0 Å². The van der Waals surface area contributed by atoms with Crippen LogP contribution >= 0.6 is 27.3 Å². The van der Waals surface area contributed by atoms with Gasteiger partial charge in [0.1, 0.15) is 5.01 Å². The van der Waals surface area contributed by atoms with Crippen molar-refractivity contribution in [2.45, 2.75) is 0 Å². The van der Waals surface area contributed by atoms with Crippen molar-refractivity contribution in [3.8, 4) is 21.8 Å². The lowest BCUT2D eigenvalue weighted by atomic mass is 10.2. The first-order valence-corrected chi connectivity index (χ1v) is 7.12. The molecule has 0 unspecified atom stereocenters. The van der Waals surface area contributed by atoms with Crippen LogP contribution in [0.25, 0.3) is 21.8 Å². The Labute approximate surface area is 117 Å². The summed E-state index contributed by atoms with van der Waals surface area (Å²) in [4.78, 5) is 8.77. The van der Waals surface area contributed by atoms with E-state index in [-0.39, 0.29) is 0 Å². The smallest absolute Gasteiger partial charge is 0.125 e. The summed E-state index contributed by atoms with van der Waals surface area (Å²) in [6.45, 7) is 0. The molecule has 0 fully saturated rings. The van der Waals surface area contributed by atoms with Gasteiger partial charge in [0.15, 0.2) is 0 Å². The van der Waals surface area contributed by atoms with Gasteiger partial charge in [0.05, 0.1) is 5.69 Å². The maximum absolute atomic E-state index is 4.65. The van der Waals surface area contributed by atoms with E-state index in [4.69, 9.17) is 0 Å². The number of pyridine rings is 1. The maximum Gasteiger partial charge on any atom is 0.125 e. The van der Waals surface area contributed by atoms with Crippen LogP contribution in [0.1, 0.15) is 0 Å². The van der Waals surface area contributed by atoms with E-state index >= 15 is 0 Å². The molecule has 0 saturated heterocycles. The molecule has 18 heavy (non-hydrogen) atoms. The van der Waals surface area contributed by atoms with E-state index in [0.29, 0.717) is 0 Å². The van der Waals surface area contributed by atoms with Crippen molar-refractivity contribution in [2.75, 3.05) is 0 Å². The van der Waals surface area contributed by atoms with Crippen LogP contribution < -0.4 is 0 Å². The standard InChI is InChI=1S/C14H9BrN2S/c15-12-5-1-3-10(7-12)13-9-18-14(17-13)11-4-2-6-16-8-11/h1-9H. The van der Waals surface area contributed by atoms with Gasteiger partial charge >= 0.3 is 0 Å². The SMILES string of the molecule is Brc1cccc(-c2csc(-c3cccnc3)n2)c1. The Morgan fingerprint density at radius 1 is 1.06 bits per heavy atom. The first kappa shape index (κ1) is 11.6. The van der Waals surface area contributed by atoms with Gasteiger partial charge in [-0.05, 0) is 24.3 Å². The Morgan fingerprint density at radius 2 is 1.94 bits per heavy atom. The number of benzene rings is 1. The van der Waals surface area contributed by atoms with Crippen LogP contribution in [0, 0.1) is 0 Å². The Morgan fingerprint density at radius 3 is 2.72 bits per heavy atom. The summed E-state index contributed by atoms with van der Waals surface area (Å²) in [5, 5.41) is 3.07. The van der Waals surface area contributed by atoms with Gasteiger partial charge in [0.25, 0.3) is 0 Å². The number of halogens is 1. The second-order valence-corrected chi connectivity index (χ2v) is 5.56. The van der Waals surface area contributed by atoms with E-state index in [1.807, 2.05) is 30.5 Å².